The van der Waals surface area contributed by atoms with Gasteiger partial charge in [0.25, 0.3) is 0 Å². The van der Waals surface area contributed by atoms with Crippen molar-refractivity contribution in [1.29, 1.82) is 0 Å². The van der Waals surface area contributed by atoms with Gasteiger partial charge in [0, 0.05) is 31.4 Å². The molecule has 7 nitrogen and oxygen atoms in total. The van der Waals surface area contributed by atoms with Crippen LogP contribution in [-0.4, -0.2) is 30.9 Å². The van der Waals surface area contributed by atoms with E-state index in [1.54, 1.807) is 6.20 Å². The van der Waals surface area contributed by atoms with E-state index in [1.165, 1.54) is 10.5 Å². The van der Waals surface area contributed by atoms with Crippen LogP contribution in [-0.2, 0) is 16.6 Å². The predicted octanol–water partition coefficient (Wildman–Crippen LogP) is 2.95. The zero-order chi connectivity index (χ0) is 17.7. The molecule has 0 saturated carbocycles. The molecule has 2 heterocycles. The van der Waals surface area contributed by atoms with Gasteiger partial charge in [-0.2, -0.15) is 8.42 Å². The van der Waals surface area contributed by atoms with Gasteiger partial charge in [0.2, 0.25) is 0 Å². The van der Waals surface area contributed by atoms with Crippen LogP contribution < -0.4 is 9.46 Å². The number of fused-ring (bicyclic) bond motifs is 1. The Morgan fingerprint density at radius 1 is 1.28 bits per heavy atom. The van der Waals surface area contributed by atoms with Crippen molar-refractivity contribution in [1.82, 2.24) is 14.0 Å². The summed E-state index contributed by atoms with van der Waals surface area (Å²) in [7, 11) is -3.32. The maximum Gasteiger partial charge on any atom is 0.323 e. The van der Waals surface area contributed by atoms with Gasteiger partial charge in [-0.05, 0) is 37.8 Å². The molecule has 25 heavy (non-hydrogen) atoms. The van der Waals surface area contributed by atoms with E-state index in [9.17, 15) is 8.42 Å². The number of aromatic nitrogens is 1. The monoisotopic (exact) mass is 365 g/mol. The number of nitrogens with one attached hydrogen (secondary N) is 1. The second kappa shape index (κ2) is 7.77. The first-order valence-electron chi connectivity index (χ1n) is 8.56. The number of benzene rings is 1. The normalized spacial score (nSPS) is 15.6. The summed E-state index contributed by atoms with van der Waals surface area (Å²) in [5.41, 5.74) is 1.60. The van der Waals surface area contributed by atoms with Crippen LogP contribution in [0.15, 0.2) is 35.0 Å². The van der Waals surface area contributed by atoms with Gasteiger partial charge in [-0.1, -0.05) is 6.92 Å². The number of ether oxygens (including phenoxy) is 1. The molecule has 0 spiro atoms. The Labute approximate surface area is 147 Å². The largest absolute Gasteiger partial charge is 0.493 e. The highest BCUT2D eigenvalue weighted by Gasteiger charge is 2.20. The molecule has 1 aliphatic rings. The first kappa shape index (κ1) is 17.6. The van der Waals surface area contributed by atoms with E-state index < -0.39 is 10.2 Å². The van der Waals surface area contributed by atoms with Gasteiger partial charge in [-0.15, -0.1) is 0 Å². The van der Waals surface area contributed by atoms with Crippen molar-refractivity contribution >= 4 is 21.3 Å². The van der Waals surface area contributed by atoms with Crippen LogP contribution in [0, 0.1) is 0 Å². The molecule has 8 heteroatoms. The van der Waals surface area contributed by atoms with Crippen molar-refractivity contribution in [2.45, 2.75) is 39.0 Å². The number of hydrogen-bond acceptors (Lipinski definition) is 5. The summed E-state index contributed by atoms with van der Waals surface area (Å²) in [5, 5.41) is 0. The SMILES string of the molecule is CCCc1nc2ccc(OCCCCCN3C=CNS3(=O)=O)cc2o1. The summed E-state index contributed by atoms with van der Waals surface area (Å²) in [6.45, 7) is 3.16. The lowest BCUT2D eigenvalue weighted by Crippen LogP contribution is -2.29. The lowest BCUT2D eigenvalue weighted by atomic mass is 10.2. The van der Waals surface area contributed by atoms with Crippen molar-refractivity contribution in [3.63, 3.8) is 0 Å². The highest BCUT2D eigenvalue weighted by Crippen LogP contribution is 2.22. The molecule has 3 rings (SSSR count). The first-order chi connectivity index (χ1) is 12.1. The fourth-order valence-electron chi connectivity index (χ4n) is 2.64. The van der Waals surface area contributed by atoms with Gasteiger partial charge in [0.15, 0.2) is 11.5 Å². The van der Waals surface area contributed by atoms with Gasteiger partial charge >= 0.3 is 10.2 Å². The number of hydrogen-bond donors (Lipinski definition) is 1. The van der Waals surface area contributed by atoms with Crippen molar-refractivity contribution < 1.29 is 17.6 Å². The average molecular weight is 365 g/mol. The third-order valence-corrected chi connectivity index (χ3v) is 5.28. The molecule has 2 aromatic rings. The molecular weight excluding hydrogens is 342 g/mol. The lowest BCUT2D eigenvalue weighted by molar-refractivity contribution is 0.303. The van der Waals surface area contributed by atoms with Crippen LogP contribution in [0.1, 0.15) is 38.5 Å². The third kappa shape index (κ3) is 4.45. The summed E-state index contributed by atoms with van der Waals surface area (Å²) in [4.78, 5) is 4.43. The number of unbranched alkanes of at least 4 members (excludes halogenated alkanes) is 2. The van der Waals surface area contributed by atoms with E-state index in [0.29, 0.717) is 13.2 Å². The van der Waals surface area contributed by atoms with E-state index in [1.807, 2.05) is 18.2 Å². The van der Waals surface area contributed by atoms with E-state index in [-0.39, 0.29) is 0 Å². The molecule has 1 aliphatic heterocycles. The van der Waals surface area contributed by atoms with E-state index in [4.69, 9.17) is 9.15 Å². The van der Waals surface area contributed by atoms with Crippen molar-refractivity contribution in [3.8, 4) is 5.75 Å². The van der Waals surface area contributed by atoms with Crippen LogP contribution in [0.4, 0.5) is 0 Å². The van der Waals surface area contributed by atoms with Gasteiger partial charge in [-0.3, -0.25) is 9.03 Å². The maximum atomic E-state index is 11.5. The molecule has 0 atom stereocenters. The molecule has 1 aromatic heterocycles. The third-order valence-electron chi connectivity index (χ3n) is 3.93. The predicted molar refractivity (Wildman–Crippen MR) is 95.3 cm³/mol. The molecule has 136 valence electrons. The van der Waals surface area contributed by atoms with Gasteiger partial charge in [0.1, 0.15) is 11.3 Å². The lowest BCUT2D eigenvalue weighted by Gasteiger charge is -2.13. The average Bonchev–Trinajstić information content (AvgIpc) is 3.12. The fraction of sp³-hybridized carbons (Fsp3) is 0.471. The smallest absolute Gasteiger partial charge is 0.323 e. The van der Waals surface area contributed by atoms with Gasteiger partial charge < -0.3 is 9.15 Å². The minimum atomic E-state index is -3.32. The van der Waals surface area contributed by atoms with E-state index >= 15 is 0 Å². The summed E-state index contributed by atoms with van der Waals surface area (Å²) in [6, 6.07) is 5.67. The quantitative estimate of drug-likeness (QED) is 0.691. The van der Waals surface area contributed by atoms with Crippen LogP contribution in [0.2, 0.25) is 0 Å². The molecule has 1 aromatic carbocycles. The Kier molecular flexibility index (Phi) is 5.47. The summed E-state index contributed by atoms with van der Waals surface area (Å²) >= 11 is 0. The summed E-state index contributed by atoms with van der Waals surface area (Å²) < 4.78 is 38.2. The molecule has 1 N–H and O–H groups in total. The Bertz CT molecular complexity index is 845. The van der Waals surface area contributed by atoms with Crippen LogP contribution in [0.3, 0.4) is 0 Å². The second-order valence-corrected chi connectivity index (χ2v) is 7.60. The molecule has 0 unspecified atom stereocenters. The Morgan fingerprint density at radius 3 is 2.92 bits per heavy atom. The van der Waals surface area contributed by atoms with Crippen molar-refractivity contribution in [2.75, 3.05) is 13.2 Å². The Morgan fingerprint density at radius 2 is 2.16 bits per heavy atom. The van der Waals surface area contributed by atoms with Crippen LogP contribution in [0.25, 0.3) is 11.1 Å². The standard InChI is InChI=1S/C17H23N3O4S/c1-2-6-17-19-15-8-7-14(13-16(15)24-17)23-12-5-3-4-10-20-11-9-18-25(20,21)22/h7-9,11,13,18H,2-6,10,12H2,1H3. The molecule has 0 amide bonds. The number of nitrogens with zero attached hydrogens (tertiary/aromatic N) is 2. The van der Waals surface area contributed by atoms with Crippen molar-refractivity contribution in [3.05, 3.63) is 36.5 Å². The number of aryl methyl sites for hydroxylation is 1. The molecule has 0 aliphatic carbocycles. The Hall–Kier alpha value is -2.22. The Balaban J connectivity index is 1.40. The zero-order valence-corrected chi connectivity index (χ0v) is 15.1. The van der Waals surface area contributed by atoms with E-state index in [2.05, 4.69) is 16.6 Å². The molecule has 0 bridgehead atoms. The van der Waals surface area contributed by atoms with Gasteiger partial charge in [0.05, 0.1) is 6.61 Å². The fourth-order valence-corrected chi connectivity index (χ4v) is 3.60. The summed E-state index contributed by atoms with van der Waals surface area (Å²) in [6.07, 6.45) is 7.36. The number of oxazole rings is 1. The first-order valence-corrected chi connectivity index (χ1v) is 10.0. The summed E-state index contributed by atoms with van der Waals surface area (Å²) in [5.74, 6) is 1.52. The van der Waals surface area contributed by atoms with Crippen LogP contribution in [0.5, 0.6) is 5.75 Å². The molecule has 0 fully saturated rings. The minimum Gasteiger partial charge on any atom is -0.493 e. The second-order valence-electron chi connectivity index (χ2n) is 5.95. The molecule has 0 radical (unpaired) electrons. The maximum absolute atomic E-state index is 11.5. The topological polar surface area (TPSA) is 84.7 Å². The highest BCUT2D eigenvalue weighted by molar-refractivity contribution is 7.87. The highest BCUT2D eigenvalue weighted by atomic mass is 32.2. The number of rotatable bonds is 9. The molecular formula is C17H23N3O4S. The van der Waals surface area contributed by atoms with Crippen molar-refractivity contribution in [2.24, 2.45) is 0 Å². The van der Waals surface area contributed by atoms with E-state index in [0.717, 1.165) is 54.8 Å². The van der Waals surface area contributed by atoms with Crippen LogP contribution >= 0.6 is 0 Å². The van der Waals surface area contributed by atoms with Gasteiger partial charge in [-0.25, -0.2) is 4.98 Å². The minimum absolute atomic E-state index is 0.482. The zero-order valence-electron chi connectivity index (χ0n) is 14.3. The molecule has 0 saturated heterocycles.